The van der Waals surface area contributed by atoms with Gasteiger partial charge in [0.25, 0.3) is 0 Å². The second-order valence-electron chi connectivity index (χ2n) is 3.67. The molecule has 0 saturated carbocycles. The summed E-state index contributed by atoms with van der Waals surface area (Å²) in [6.07, 6.45) is 0.858. The summed E-state index contributed by atoms with van der Waals surface area (Å²) < 4.78 is 0. The lowest BCUT2D eigenvalue weighted by atomic mass is 9.85. The van der Waals surface area contributed by atoms with Gasteiger partial charge < -0.3 is 10.0 Å². The van der Waals surface area contributed by atoms with Crippen LogP contribution in [0.2, 0.25) is 0 Å². The minimum absolute atomic E-state index is 0.169. The Bertz CT molecular complexity index is 164. The minimum Gasteiger partial charge on any atom is -0.396 e. The van der Waals surface area contributed by atoms with E-state index in [1.165, 1.54) is 0 Å². The van der Waals surface area contributed by atoms with E-state index >= 15 is 0 Å². The van der Waals surface area contributed by atoms with E-state index in [9.17, 15) is 4.79 Å². The van der Waals surface area contributed by atoms with Crippen LogP contribution < -0.4 is 0 Å². The zero-order chi connectivity index (χ0) is 9.14. The lowest BCUT2D eigenvalue weighted by Crippen LogP contribution is -2.51. The van der Waals surface area contributed by atoms with Crippen molar-refractivity contribution >= 4 is 5.91 Å². The molecule has 1 unspecified atom stereocenters. The smallest absolute Gasteiger partial charge is 0.219 e. The molecule has 1 saturated heterocycles. The van der Waals surface area contributed by atoms with Crippen LogP contribution in [0.1, 0.15) is 20.3 Å². The number of rotatable bonds is 3. The van der Waals surface area contributed by atoms with Crippen LogP contribution >= 0.6 is 0 Å². The molecule has 12 heavy (non-hydrogen) atoms. The minimum atomic E-state index is 0.169. The lowest BCUT2D eigenvalue weighted by molar-refractivity contribution is -0.136. The second-order valence-corrected chi connectivity index (χ2v) is 3.67. The summed E-state index contributed by atoms with van der Waals surface area (Å²) in [5, 5.41) is 8.70. The summed E-state index contributed by atoms with van der Waals surface area (Å²) in [5.74, 6) is 1.33. The van der Waals surface area contributed by atoms with Crippen LogP contribution in [0.15, 0.2) is 0 Å². The molecule has 1 N–H and O–H groups in total. The van der Waals surface area contributed by atoms with Gasteiger partial charge in [0.1, 0.15) is 0 Å². The zero-order valence-corrected chi connectivity index (χ0v) is 7.79. The van der Waals surface area contributed by atoms with Crippen LogP contribution in [0.25, 0.3) is 0 Å². The molecular formula is C9H17NO2. The van der Waals surface area contributed by atoms with Crippen molar-refractivity contribution in [2.75, 3.05) is 19.7 Å². The molecule has 0 aliphatic carbocycles. The molecule has 1 rings (SSSR count). The number of amides is 1. The molecule has 0 bridgehead atoms. The van der Waals surface area contributed by atoms with Gasteiger partial charge in [0.2, 0.25) is 5.91 Å². The fourth-order valence-corrected chi connectivity index (χ4v) is 1.57. The third kappa shape index (κ3) is 1.97. The van der Waals surface area contributed by atoms with E-state index in [1.54, 1.807) is 6.92 Å². The topological polar surface area (TPSA) is 40.5 Å². The maximum absolute atomic E-state index is 10.8. The molecule has 3 heteroatoms. The number of carbonyl (C=O) groups is 1. The quantitative estimate of drug-likeness (QED) is 0.671. The van der Waals surface area contributed by atoms with E-state index < -0.39 is 0 Å². The van der Waals surface area contributed by atoms with E-state index in [-0.39, 0.29) is 12.5 Å². The molecule has 3 nitrogen and oxygen atoms in total. The number of carbonyl (C=O) groups excluding carboxylic acids is 1. The Kier molecular flexibility index (Phi) is 3.09. The maximum atomic E-state index is 10.8. The normalized spacial score (nSPS) is 20.4. The molecular weight excluding hydrogens is 154 g/mol. The number of nitrogens with zero attached hydrogens (tertiary/aromatic N) is 1. The molecule has 0 aromatic rings. The van der Waals surface area contributed by atoms with E-state index in [2.05, 4.69) is 6.92 Å². The average molecular weight is 171 g/mol. The van der Waals surface area contributed by atoms with Gasteiger partial charge in [-0.15, -0.1) is 0 Å². The van der Waals surface area contributed by atoms with Gasteiger partial charge in [-0.25, -0.2) is 0 Å². The second kappa shape index (κ2) is 3.90. The number of aliphatic hydroxyl groups is 1. The summed E-state index contributed by atoms with van der Waals surface area (Å²) in [6.45, 7) is 5.77. The van der Waals surface area contributed by atoms with Gasteiger partial charge >= 0.3 is 0 Å². The summed E-state index contributed by atoms with van der Waals surface area (Å²) in [5.41, 5.74) is 0. The molecule has 0 radical (unpaired) electrons. The SMILES string of the molecule is CC(=O)N1CC(C(C)CCO)C1. The van der Waals surface area contributed by atoms with Crippen molar-refractivity contribution in [1.82, 2.24) is 4.90 Å². The number of aliphatic hydroxyl groups excluding tert-OH is 1. The van der Waals surface area contributed by atoms with Crippen molar-refractivity contribution < 1.29 is 9.90 Å². The van der Waals surface area contributed by atoms with Crippen molar-refractivity contribution in [3.8, 4) is 0 Å². The third-order valence-corrected chi connectivity index (χ3v) is 2.74. The Morgan fingerprint density at radius 1 is 1.67 bits per heavy atom. The average Bonchev–Trinajstić information content (AvgIpc) is 1.82. The van der Waals surface area contributed by atoms with Crippen molar-refractivity contribution in [3.63, 3.8) is 0 Å². The van der Waals surface area contributed by atoms with E-state index in [4.69, 9.17) is 5.11 Å². The molecule has 1 atom stereocenters. The van der Waals surface area contributed by atoms with Gasteiger partial charge in [-0.1, -0.05) is 6.92 Å². The van der Waals surface area contributed by atoms with Crippen LogP contribution in [-0.2, 0) is 4.79 Å². The summed E-state index contributed by atoms with van der Waals surface area (Å²) >= 11 is 0. The molecule has 1 amide bonds. The largest absolute Gasteiger partial charge is 0.396 e. The summed E-state index contributed by atoms with van der Waals surface area (Å²) in [7, 11) is 0. The monoisotopic (exact) mass is 171 g/mol. The first-order valence-corrected chi connectivity index (χ1v) is 4.51. The fraction of sp³-hybridized carbons (Fsp3) is 0.889. The van der Waals surface area contributed by atoms with Gasteiger partial charge in [0.15, 0.2) is 0 Å². The Morgan fingerprint density at radius 3 is 2.67 bits per heavy atom. The number of likely N-dealkylation sites (tertiary alicyclic amines) is 1. The molecule has 1 heterocycles. The van der Waals surface area contributed by atoms with Gasteiger partial charge in [0.05, 0.1) is 0 Å². The van der Waals surface area contributed by atoms with Crippen LogP contribution in [0.5, 0.6) is 0 Å². The van der Waals surface area contributed by atoms with Gasteiger partial charge in [-0.3, -0.25) is 4.79 Å². The summed E-state index contributed by atoms with van der Waals surface area (Å²) in [4.78, 5) is 12.7. The molecule has 0 aromatic heterocycles. The zero-order valence-electron chi connectivity index (χ0n) is 7.79. The fourth-order valence-electron chi connectivity index (χ4n) is 1.57. The highest BCUT2D eigenvalue weighted by atomic mass is 16.3. The van der Waals surface area contributed by atoms with Crippen LogP contribution in [0, 0.1) is 11.8 Å². The van der Waals surface area contributed by atoms with E-state index in [0.29, 0.717) is 11.8 Å². The molecule has 70 valence electrons. The molecule has 0 aromatic carbocycles. The van der Waals surface area contributed by atoms with Crippen molar-refractivity contribution in [2.45, 2.75) is 20.3 Å². The molecule has 1 aliphatic heterocycles. The van der Waals surface area contributed by atoms with Crippen molar-refractivity contribution in [3.05, 3.63) is 0 Å². The molecule has 0 spiro atoms. The highest BCUT2D eigenvalue weighted by molar-refractivity contribution is 5.74. The Morgan fingerprint density at radius 2 is 2.25 bits per heavy atom. The van der Waals surface area contributed by atoms with Crippen LogP contribution in [0.3, 0.4) is 0 Å². The van der Waals surface area contributed by atoms with Gasteiger partial charge in [0, 0.05) is 26.6 Å². The molecule has 1 aliphatic rings. The highest BCUT2D eigenvalue weighted by Crippen LogP contribution is 2.25. The van der Waals surface area contributed by atoms with Crippen molar-refractivity contribution in [2.24, 2.45) is 11.8 Å². The first kappa shape index (κ1) is 9.52. The number of hydrogen-bond donors (Lipinski definition) is 1. The molecule has 1 fully saturated rings. The number of hydrogen-bond acceptors (Lipinski definition) is 2. The predicted octanol–water partition coefficient (Wildman–Crippen LogP) is 0.483. The Balaban J connectivity index is 2.20. The van der Waals surface area contributed by atoms with Crippen molar-refractivity contribution in [1.29, 1.82) is 0 Å². The Hall–Kier alpha value is -0.570. The van der Waals surface area contributed by atoms with Gasteiger partial charge in [-0.2, -0.15) is 0 Å². The van der Waals surface area contributed by atoms with Crippen LogP contribution in [-0.4, -0.2) is 35.6 Å². The van der Waals surface area contributed by atoms with E-state index in [1.807, 2.05) is 4.90 Å². The first-order chi connectivity index (χ1) is 5.65. The Labute approximate surface area is 73.4 Å². The summed E-state index contributed by atoms with van der Waals surface area (Å²) in [6, 6.07) is 0. The van der Waals surface area contributed by atoms with Crippen LogP contribution in [0.4, 0.5) is 0 Å². The maximum Gasteiger partial charge on any atom is 0.219 e. The van der Waals surface area contributed by atoms with E-state index in [0.717, 1.165) is 19.5 Å². The standard InChI is InChI=1S/C9H17NO2/c1-7(3-4-11)9-5-10(6-9)8(2)12/h7,9,11H,3-6H2,1-2H3. The lowest BCUT2D eigenvalue weighted by Gasteiger charge is -2.41. The highest BCUT2D eigenvalue weighted by Gasteiger charge is 2.31. The van der Waals surface area contributed by atoms with Gasteiger partial charge in [-0.05, 0) is 18.3 Å². The third-order valence-electron chi connectivity index (χ3n) is 2.74. The first-order valence-electron chi connectivity index (χ1n) is 4.51. The predicted molar refractivity (Wildman–Crippen MR) is 46.6 cm³/mol.